The second kappa shape index (κ2) is 7.69. The standard InChI is InChI=1S/C27H17F2N3O/c28-20-11-8-18(9-12-20)26(33)25-24(19-5-3-6-21(29)14-19)27(15-30,16-31)23-13-10-17-4-1-2-7-22(17)32(23)25/h1-14,23-25H/t23-,24+,25+/m0/s1. The molecule has 3 aromatic rings. The second-order valence-electron chi connectivity index (χ2n) is 8.21. The van der Waals surface area contributed by atoms with E-state index in [1.165, 1.54) is 42.5 Å². The van der Waals surface area contributed by atoms with Crippen molar-refractivity contribution in [2.24, 2.45) is 5.41 Å². The third-order valence-electron chi connectivity index (χ3n) is 6.52. The van der Waals surface area contributed by atoms with Crippen LogP contribution in [0.15, 0.2) is 78.9 Å². The third kappa shape index (κ3) is 3.03. The molecule has 0 N–H and O–H groups in total. The number of halogens is 2. The SMILES string of the molecule is N#CC1(C#N)[C@H](c2cccc(F)c2)[C@H](C(=O)c2ccc(F)cc2)N2c3ccccc3C=C[C@H]21. The van der Waals surface area contributed by atoms with E-state index >= 15 is 0 Å². The number of carbonyl (C=O) groups is 1. The van der Waals surface area contributed by atoms with Gasteiger partial charge in [-0.25, -0.2) is 8.78 Å². The molecule has 33 heavy (non-hydrogen) atoms. The van der Waals surface area contributed by atoms with Gasteiger partial charge in [-0.1, -0.05) is 42.5 Å². The number of Topliss-reactive ketones (excluding diaryl/α,β-unsaturated/α-hetero) is 1. The van der Waals surface area contributed by atoms with E-state index in [-0.39, 0.29) is 11.3 Å². The normalized spacial score (nSPS) is 22.1. The number of para-hydroxylation sites is 1. The number of ketones is 1. The average Bonchev–Trinajstić information content (AvgIpc) is 3.15. The Kier molecular flexibility index (Phi) is 4.80. The Morgan fingerprint density at radius 1 is 0.909 bits per heavy atom. The van der Waals surface area contributed by atoms with Crippen LogP contribution in [-0.2, 0) is 0 Å². The van der Waals surface area contributed by atoms with E-state index in [1.54, 1.807) is 17.0 Å². The lowest BCUT2D eigenvalue weighted by Crippen LogP contribution is -2.44. The number of rotatable bonds is 3. The van der Waals surface area contributed by atoms with Crippen LogP contribution in [0.4, 0.5) is 14.5 Å². The number of carbonyl (C=O) groups excluding carboxylic acids is 1. The van der Waals surface area contributed by atoms with E-state index < -0.39 is 35.1 Å². The lowest BCUT2D eigenvalue weighted by molar-refractivity contribution is 0.0951. The molecule has 1 fully saturated rings. The molecule has 3 atom stereocenters. The summed E-state index contributed by atoms with van der Waals surface area (Å²) in [6, 6.07) is 20.9. The van der Waals surface area contributed by atoms with E-state index in [1.807, 2.05) is 30.3 Å². The van der Waals surface area contributed by atoms with Crippen LogP contribution >= 0.6 is 0 Å². The Balaban J connectivity index is 1.79. The van der Waals surface area contributed by atoms with Gasteiger partial charge in [0, 0.05) is 17.2 Å². The van der Waals surface area contributed by atoms with Crippen LogP contribution in [0.1, 0.15) is 27.4 Å². The van der Waals surface area contributed by atoms with Gasteiger partial charge in [-0.3, -0.25) is 4.79 Å². The molecule has 0 radical (unpaired) electrons. The Morgan fingerprint density at radius 3 is 2.33 bits per heavy atom. The summed E-state index contributed by atoms with van der Waals surface area (Å²) in [6.45, 7) is 0. The summed E-state index contributed by atoms with van der Waals surface area (Å²) >= 11 is 0. The molecule has 0 saturated carbocycles. The minimum absolute atomic E-state index is 0.250. The minimum Gasteiger partial charge on any atom is -0.351 e. The molecule has 2 heterocycles. The molecule has 6 heteroatoms. The summed E-state index contributed by atoms with van der Waals surface area (Å²) in [4.78, 5) is 15.7. The van der Waals surface area contributed by atoms with Crippen molar-refractivity contribution in [3.05, 3.63) is 107 Å². The van der Waals surface area contributed by atoms with Crippen LogP contribution in [0.5, 0.6) is 0 Å². The number of fused-ring (bicyclic) bond motifs is 3. The van der Waals surface area contributed by atoms with Crippen molar-refractivity contribution in [3.8, 4) is 12.1 Å². The first-order chi connectivity index (χ1) is 16.0. The average molecular weight is 437 g/mol. The van der Waals surface area contributed by atoms with Gasteiger partial charge in [0.25, 0.3) is 0 Å². The molecular formula is C27H17F2N3O. The molecule has 2 aliphatic heterocycles. The zero-order valence-corrected chi connectivity index (χ0v) is 17.3. The number of hydrogen-bond acceptors (Lipinski definition) is 4. The Labute approximate surface area is 189 Å². The first kappa shape index (κ1) is 20.6. The fourth-order valence-corrected chi connectivity index (χ4v) is 5.09. The molecule has 5 rings (SSSR count). The van der Waals surface area contributed by atoms with Gasteiger partial charge >= 0.3 is 0 Å². The van der Waals surface area contributed by atoms with Gasteiger partial charge in [-0.05, 0) is 53.6 Å². The van der Waals surface area contributed by atoms with Crippen molar-refractivity contribution < 1.29 is 13.6 Å². The first-order valence-corrected chi connectivity index (χ1v) is 10.4. The molecule has 4 nitrogen and oxygen atoms in total. The maximum absolute atomic E-state index is 14.3. The highest BCUT2D eigenvalue weighted by Crippen LogP contribution is 2.55. The Bertz CT molecular complexity index is 1350. The molecule has 0 amide bonds. The highest BCUT2D eigenvalue weighted by atomic mass is 19.1. The number of nitriles is 2. The molecule has 2 aliphatic rings. The minimum atomic E-state index is -1.65. The van der Waals surface area contributed by atoms with Crippen molar-refractivity contribution in [2.75, 3.05) is 4.90 Å². The Morgan fingerprint density at radius 2 is 1.64 bits per heavy atom. The summed E-state index contributed by atoms with van der Waals surface area (Å²) in [5, 5.41) is 20.6. The van der Waals surface area contributed by atoms with Crippen LogP contribution in [0.3, 0.4) is 0 Å². The molecule has 0 aromatic heterocycles. The Hall–Kier alpha value is -4.29. The molecule has 160 valence electrons. The van der Waals surface area contributed by atoms with Crippen LogP contribution in [0.2, 0.25) is 0 Å². The summed E-state index contributed by atoms with van der Waals surface area (Å²) in [7, 11) is 0. The van der Waals surface area contributed by atoms with Crippen LogP contribution < -0.4 is 4.90 Å². The highest BCUT2D eigenvalue weighted by Gasteiger charge is 2.63. The van der Waals surface area contributed by atoms with E-state index in [0.717, 1.165) is 5.56 Å². The number of hydrogen-bond donors (Lipinski definition) is 0. The van der Waals surface area contributed by atoms with Gasteiger partial charge in [-0.2, -0.15) is 10.5 Å². The summed E-state index contributed by atoms with van der Waals surface area (Å²) in [6.07, 6.45) is 3.60. The summed E-state index contributed by atoms with van der Waals surface area (Å²) in [5.41, 5.74) is 0.534. The predicted molar refractivity (Wildman–Crippen MR) is 119 cm³/mol. The highest BCUT2D eigenvalue weighted by molar-refractivity contribution is 6.04. The second-order valence-corrected chi connectivity index (χ2v) is 8.21. The number of benzene rings is 3. The van der Waals surface area contributed by atoms with Crippen molar-refractivity contribution in [1.82, 2.24) is 0 Å². The quantitative estimate of drug-likeness (QED) is 0.525. The van der Waals surface area contributed by atoms with Crippen molar-refractivity contribution in [2.45, 2.75) is 18.0 Å². The van der Waals surface area contributed by atoms with Gasteiger partial charge in [0.1, 0.15) is 17.7 Å². The van der Waals surface area contributed by atoms with Crippen LogP contribution in [0, 0.1) is 39.7 Å². The van der Waals surface area contributed by atoms with Crippen LogP contribution in [-0.4, -0.2) is 17.9 Å². The van der Waals surface area contributed by atoms with E-state index in [4.69, 9.17) is 0 Å². The monoisotopic (exact) mass is 437 g/mol. The maximum atomic E-state index is 14.3. The zero-order chi connectivity index (χ0) is 23.2. The van der Waals surface area contributed by atoms with E-state index in [9.17, 15) is 24.1 Å². The van der Waals surface area contributed by atoms with Crippen molar-refractivity contribution in [1.29, 1.82) is 10.5 Å². The van der Waals surface area contributed by atoms with Crippen molar-refractivity contribution >= 4 is 17.5 Å². The first-order valence-electron chi connectivity index (χ1n) is 10.4. The molecule has 1 saturated heterocycles. The summed E-state index contributed by atoms with van der Waals surface area (Å²) in [5.74, 6) is -2.31. The van der Waals surface area contributed by atoms with Crippen molar-refractivity contribution in [3.63, 3.8) is 0 Å². The third-order valence-corrected chi connectivity index (χ3v) is 6.52. The molecule has 0 aliphatic carbocycles. The predicted octanol–water partition coefficient (Wildman–Crippen LogP) is 5.25. The topological polar surface area (TPSA) is 67.9 Å². The molecule has 0 bridgehead atoms. The van der Waals surface area contributed by atoms with Gasteiger partial charge in [0.15, 0.2) is 11.2 Å². The molecular weight excluding hydrogens is 420 g/mol. The maximum Gasteiger partial charge on any atom is 0.185 e. The van der Waals surface area contributed by atoms with Gasteiger partial charge in [0.2, 0.25) is 0 Å². The number of nitrogens with zero attached hydrogens (tertiary/aromatic N) is 3. The molecule has 0 spiro atoms. The molecule has 0 unspecified atom stereocenters. The van der Waals surface area contributed by atoms with Gasteiger partial charge in [-0.15, -0.1) is 0 Å². The van der Waals surface area contributed by atoms with Gasteiger partial charge < -0.3 is 4.90 Å². The lowest BCUT2D eigenvalue weighted by Gasteiger charge is -2.35. The fourth-order valence-electron chi connectivity index (χ4n) is 5.09. The van der Waals surface area contributed by atoms with Gasteiger partial charge in [0.05, 0.1) is 18.2 Å². The van der Waals surface area contributed by atoms with E-state index in [2.05, 4.69) is 12.1 Å². The number of anilines is 1. The zero-order valence-electron chi connectivity index (χ0n) is 17.3. The lowest BCUT2D eigenvalue weighted by atomic mass is 9.69. The largest absolute Gasteiger partial charge is 0.351 e. The van der Waals surface area contributed by atoms with E-state index in [0.29, 0.717) is 11.3 Å². The fraction of sp³-hybridized carbons (Fsp3) is 0.148. The molecule has 3 aromatic carbocycles. The smallest absolute Gasteiger partial charge is 0.185 e. The van der Waals surface area contributed by atoms with Crippen LogP contribution in [0.25, 0.3) is 6.08 Å². The summed E-state index contributed by atoms with van der Waals surface area (Å²) < 4.78 is 27.8.